The lowest BCUT2D eigenvalue weighted by atomic mass is 10.0. The fourth-order valence-corrected chi connectivity index (χ4v) is 3.34. The summed E-state index contributed by atoms with van der Waals surface area (Å²) in [6.45, 7) is 7.40. The van der Waals surface area contributed by atoms with E-state index in [-0.39, 0.29) is 12.2 Å². The molecule has 0 radical (unpaired) electrons. The fraction of sp³-hybridized carbons (Fsp3) is 0.370. The molecule has 0 bridgehead atoms. The first-order valence-electron chi connectivity index (χ1n) is 11.9. The van der Waals surface area contributed by atoms with E-state index in [1.807, 2.05) is 32.0 Å². The van der Waals surface area contributed by atoms with Gasteiger partial charge in [0.05, 0.1) is 13.2 Å². The molecule has 9 nitrogen and oxygen atoms in total. The number of benzene rings is 1. The Morgan fingerprint density at radius 2 is 1.78 bits per heavy atom. The lowest BCUT2D eigenvalue weighted by Gasteiger charge is -2.15. The number of H-pyrrole nitrogens is 1. The summed E-state index contributed by atoms with van der Waals surface area (Å²) in [6.07, 6.45) is 1.70. The number of rotatable bonds is 13. The zero-order chi connectivity index (χ0) is 25.9. The smallest absolute Gasteiger partial charge is 0.266 e. The highest BCUT2D eigenvalue weighted by molar-refractivity contribution is 5.67. The molecule has 1 unspecified atom stereocenters. The van der Waals surface area contributed by atoms with Crippen molar-refractivity contribution in [1.82, 2.24) is 15.3 Å². The van der Waals surface area contributed by atoms with E-state index in [0.29, 0.717) is 55.3 Å². The van der Waals surface area contributed by atoms with Gasteiger partial charge in [0, 0.05) is 42.5 Å². The number of aliphatic hydroxyl groups is 1. The van der Waals surface area contributed by atoms with Crippen LogP contribution in [0.2, 0.25) is 0 Å². The van der Waals surface area contributed by atoms with E-state index in [1.54, 1.807) is 43.5 Å². The topological polar surface area (TPSA) is 129 Å². The van der Waals surface area contributed by atoms with Gasteiger partial charge in [0.15, 0.2) is 0 Å². The highest BCUT2D eigenvalue weighted by atomic mass is 16.5. The number of ether oxygens (including phenoxy) is 3. The van der Waals surface area contributed by atoms with Crippen molar-refractivity contribution in [2.75, 3.05) is 26.4 Å². The Balaban J connectivity index is 1.42. The zero-order valence-electron chi connectivity index (χ0n) is 20.8. The molecule has 36 heavy (non-hydrogen) atoms. The van der Waals surface area contributed by atoms with E-state index < -0.39 is 11.7 Å². The Hall–Kier alpha value is -3.87. The average molecular weight is 493 g/mol. The van der Waals surface area contributed by atoms with Crippen LogP contribution in [0.4, 0.5) is 0 Å². The van der Waals surface area contributed by atoms with Crippen molar-refractivity contribution in [3.05, 3.63) is 70.3 Å². The van der Waals surface area contributed by atoms with Crippen molar-refractivity contribution in [3.8, 4) is 34.6 Å². The Labute approximate surface area is 210 Å². The molecule has 1 aromatic carbocycles. The summed E-state index contributed by atoms with van der Waals surface area (Å²) in [7, 11) is 0. The Kier molecular flexibility index (Phi) is 9.86. The van der Waals surface area contributed by atoms with Crippen LogP contribution in [0, 0.1) is 18.3 Å². The van der Waals surface area contributed by atoms with Gasteiger partial charge in [0.2, 0.25) is 5.88 Å². The molecule has 0 aliphatic heterocycles. The van der Waals surface area contributed by atoms with Crippen LogP contribution in [-0.4, -0.2) is 53.6 Å². The van der Waals surface area contributed by atoms with Crippen molar-refractivity contribution in [3.63, 3.8) is 0 Å². The van der Waals surface area contributed by atoms with Crippen LogP contribution in [0.3, 0.4) is 0 Å². The maximum Gasteiger partial charge on any atom is 0.266 e. The summed E-state index contributed by atoms with van der Waals surface area (Å²) >= 11 is 0. The van der Waals surface area contributed by atoms with E-state index in [0.717, 1.165) is 11.1 Å². The molecule has 3 N–H and O–H groups in total. The van der Waals surface area contributed by atoms with Gasteiger partial charge in [-0.25, -0.2) is 4.98 Å². The average Bonchev–Trinajstić information content (AvgIpc) is 2.87. The monoisotopic (exact) mass is 492 g/mol. The van der Waals surface area contributed by atoms with Crippen LogP contribution in [0.5, 0.6) is 17.4 Å². The summed E-state index contributed by atoms with van der Waals surface area (Å²) in [4.78, 5) is 18.7. The largest absolute Gasteiger partial charge is 0.493 e. The summed E-state index contributed by atoms with van der Waals surface area (Å²) in [5, 5.41) is 22.2. The molecular weight excluding hydrogens is 460 g/mol. The second-order valence-corrected chi connectivity index (χ2v) is 8.60. The highest BCUT2D eigenvalue weighted by Gasteiger charge is 2.09. The number of aryl methyl sites for hydroxylation is 1. The number of hydrogen-bond donors (Lipinski definition) is 3. The molecule has 0 amide bonds. The molecule has 0 aliphatic rings. The number of nitriles is 1. The van der Waals surface area contributed by atoms with Crippen LogP contribution in [0.15, 0.2) is 53.5 Å². The minimum Gasteiger partial charge on any atom is -0.493 e. The van der Waals surface area contributed by atoms with Crippen LogP contribution < -0.4 is 25.1 Å². The quantitative estimate of drug-likeness (QED) is 0.310. The third kappa shape index (κ3) is 8.12. The van der Waals surface area contributed by atoms with Crippen molar-refractivity contribution in [2.24, 2.45) is 0 Å². The first kappa shape index (κ1) is 26.7. The van der Waals surface area contributed by atoms with Gasteiger partial charge in [0.25, 0.3) is 5.56 Å². The SMILES string of the molecule is Cc1[nH]c(=O)c(C#N)cc1-c1ccnc(OCCCOc2ccc(OCC(O)CNC(C)C)cc2)c1. The fourth-order valence-electron chi connectivity index (χ4n) is 3.34. The Morgan fingerprint density at radius 3 is 2.47 bits per heavy atom. The minimum absolute atomic E-state index is 0.0585. The summed E-state index contributed by atoms with van der Waals surface area (Å²) in [6, 6.07) is 14.6. The van der Waals surface area contributed by atoms with E-state index in [1.165, 1.54) is 0 Å². The number of aromatic nitrogens is 2. The highest BCUT2D eigenvalue weighted by Crippen LogP contribution is 2.24. The van der Waals surface area contributed by atoms with Crippen molar-refractivity contribution >= 4 is 0 Å². The molecule has 0 fully saturated rings. The van der Waals surface area contributed by atoms with Crippen LogP contribution in [0.1, 0.15) is 31.5 Å². The molecule has 0 aliphatic carbocycles. The van der Waals surface area contributed by atoms with Crippen LogP contribution >= 0.6 is 0 Å². The van der Waals surface area contributed by atoms with Gasteiger partial charge in [-0.15, -0.1) is 0 Å². The van der Waals surface area contributed by atoms with Gasteiger partial charge in [-0.3, -0.25) is 4.79 Å². The third-order valence-corrected chi connectivity index (χ3v) is 5.24. The van der Waals surface area contributed by atoms with Gasteiger partial charge >= 0.3 is 0 Å². The van der Waals surface area contributed by atoms with Crippen molar-refractivity contribution in [2.45, 2.75) is 39.3 Å². The molecule has 190 valence electrons. The van der Waals surface area contributed by atoms with Crippen LogP contribution in [0.25, 0.3) is 11.1 Å². The second kappa shape index (κ2) is 13.3. The summed E-state index contributed by atoms with van der Waals surface area (Å²) in [5.41, 5.74) is 1.87. The van der Waals surface area contributed by atoms with Crippen molar-refractivity contribution in [1.29, 1.82) is 5.26 Å². The van der Waals surface area contributed by atoms with Gasteiger partial charge in [-0.05, 0) is 48.9 Å². The predicted octanol–water partition coefficient (Wildman–Crippen LogP) is 3.20. The summed E-state index contributed by atoms with van der Waals surface area (Å²) in [5.74, 6) is 1.83. The maximum absolute atomic E-state index is 11.8. The summed E-state index contributed by atoms with van der Waals surface area (Å²) < 4.78 is 17.1. The molecule has 0 spiro atoms. The molecule has 2 heterocycles. The predicted molar refractivity (Wildman–Crippen MR) is 136 cm³/mol. The standard InChI is InChI=1S/C27H32N4O5/c1-18(2)30-16-22(32)17-36-24-7-5-23(6-8-24)34-11-4-12-35-26-14-20(9-10-29-26)25-13-21(15-28)27(33)31-19(25)3/h5-10,13-14,18,22,30,32H,4,11-12,16-17H2,1-3H3,(H,31,33). The van der Waals surface area contributed by atoms with Gasteiger partial charge in [-0.2, -0.15) is 5.26 Å². The number of hydrogen-bond acceptors (Lipinski definition) is 8. The molecule has 2 aromatic heterocycles. The van der Waals surface area contributed by atoms with E-state index in [2.05, 4.69) is 15.3 Å². The van der Waals surface area contributed by atoms with Gasteiger partial charge < -0.3 is 29.6 Å². The van der Waals surface area contributed by atoms with E-state index >= 15 is 0 Å². The Morgan fingerprint density at radius 1 is 1.08 bits per heavy atom. The van der Waals surface area contributed by atoms with Crippen molar-refractivity contribution < 1.29 is 19.3 Å². The third-order valence-electron chi connectivity index (χ3n) is 5.24. The minimum atomic E-state index is -0.575. The number of aromatic amines is 1. The van der Waals surface area contributed by atoms with E-state index in [4.69, 9.17) is 19.5 Å². The zero-order valence-corrected chi connectivity index (χ0v) is 20.8. The number of aliphatic hydroxyl groups excluding tert-OH is 1. The number of nitrogens with zero attached hydrogens (tertiary/aromatic N) is 2. The molecule has 1 atom stereocenters. The molecular formula is C27H32N4O5. The van der Waals surface area contributed by atoms with Gasteiger partial charge in [0.1, 0.15) is 35.8 Å². The molecule has 3 aromatic rings. The molecule has 9 heteroatoms. The second-order valence-electron chi connectivity index (χ2n) is 8.60. The van der Waals surface area contributed by atoms with E-state index in [9.17, 15) is 9.90 Å². The number of pyridine rings is 2. The Bertz CT molecular complexity index is 1220. The molecule has 0 saturated carbocycles. The van der Waals surface area contributed by atoms with Crippen LogP contribution in [-0.2, 0) is 0 Å². The van der Waals surface area contributed by atoms with Gasteiger partial charge in [-0.1, -0.05) is 13.8 Å². The maximum atomic E-state index is 11.8. The first-order valence-corrected chi connectivity index (χ1v) is 11.9. The molecule has 3 rings (SSSR count). The normalized spacial score (nSPS) is 11.7. The number of nitrogens with one attached hydrogen (secondary N) is 2. The molecule has 0 saturated heterocycles. The lowest BCUT2D eigenvalue weighted by molar-refractivity contribution is 0.104. The lowest BCUT2D eigenvalue weighted by Crippen LogP contribution is -2.35. The first-order chi connectivity index (χ1) is 17.4.